The third-order valence-corrected chi connectivity index (χ3v) is 3.24. The lowest BCUT2D eigenvalue weighted by molar-refractivity contribution is -0.129. The van der Waals surface area contributed by atoms with Crippen LogP contribution in [0.5, 0.6) is 11.5 Å². The smallest absolute Gasteiger partial charge is 0.273 e. The molecule has 24 heavy (non-hydrogen) atoms. The van der Waals surface area contributed by atoms with Crippen LogP contribution in [-0.4, -0.2) is 30.9 Å². The summed E-state index contributed by atoms with van der Waals surface area (Å²) in [4.78, 5) is 11.9. The summed E-state index contributed by atoms with van der Waals surface area (Å²) in [6.45, 7) is 2.43. The van der Waals surface area contributed by atoms with E-state index >= 15 is 0 Å². The molecular weight excluding hydrogens is 308 g/mol. The van der Waals surface area contributed by atoms with Gasteiger partial charge in [-0.3, -0.25) is 4.79 Å². The van der Waals surface area contributed by atoms with Crippen LogP contribution >= 0.6 is 0 Å². The van der Waals surface area contributed by atoms with E-state index in [1.807, 2.05) is 13.0 Å². The quantitative estimate of drug-likeness (QED) is 0.603. The minimum atomic E-state index is -1.27. The molecule has 1 atom stereocenters. The topological polar surface area (TPSA) is 80.2 Å². The summed E-state index contributed by atoms with van der Waals surface area (Å²) in [6.07, 6.45) is 0.201. The lowest BCUT2D eigenvalue weighted by Crippen LogP contribution is -2.25. The number of hydrogen-bond donors (Lipinski definition) is 2. The molecule has 0 saturated heterocycles. The average molecular weight is 328 g/mol. The van der Waals surface area contributed by atoms with Crippen molar-refractivity contribution >= 4 is 12.1 Å². The van der Waals surface area contributed by atoms with E-state index in [0.717, 1.165) is 5.56 Å². The van der Waals surface area contributed by atoms with Gasteiger partial charge >= 0.3 is 0 Å². The molecule has 2 aromatic carbocycles. The van der Waals surface area contributed by atoms with Crippen LogP contribution in [0.1, 0.15) is 24.2 Å². The van der Waals surface area contributed by atoms with E-state index in [1.54, 1.807) is 49.6 Å². The summed E-state index contributed by atoms with van der Waals surface area (Å²) in [6, 6.07) is 14.0. The molecule has 0 spiro atoms. The fraction of sp³-hybridized carbons (Fsp3) is 0.222. The van der Waals surface area contributed by atoms with Crippen LogP contribution in [0.4, 0.5) is 0 Å². The van der Waals surface area contributed by atoms with E-state index in [0.29, 0.717) is 23.7 Å². The number of ether oxygens (including phenoxy) is 2. The van der Waals surface area contributed by atoms with E-state index < -0.39 is 12.0 Å². The lowest BCUT2D eigenvalue weighted by Gasteiger charge is -2.10. The molecule has 0 aliphatic carbocycles. The number of carbonyl (C=O) groups excluding carboxylic acids is 1. The zero-order valence-electron chi connectivity index (χ0n) is 13.6. The molecule has 2 N–H and O–H groups in total. The molecule has 6 heteroatoms. The summed E-state index contributed by atoms with van der Waals surface area (Å²) in [5, 5.41) is 13.8. The Kier molecular flexibility index (Phi) is 6.33. The summed E-state index contributed by atoms with van der Waals surface area (Å²) in [5.74, 6) is 0.618. The summed E-state index contributed by atoms with van der Waals surface area (Å²) < 4.78 is 10.7. The van der Waals surface area contributed by atoms with Gasteiger partial charge in [0.1, 0.15) is 0 Å². The second-order valence-corrected chi connectivity index (χ2v) is 4.89. The van der Waals surface area contributed by atoms with Crippen molar-refractivity contribution in [2.45, 2.75) is 13.0 Å². The van der Waals surface area contributed by atoms with Gasteiger partial charge in [-0.15, -0.1) is 0 Å². The monoisotopic (exact) mass is 328 g/mol. The maximum absolute atomic E-state index is 11.9. The molecule has 0 aliphatic heterocycles. The third kappa shape index (κ3) is 4.57. The Morgan fingerprint density at radius 3 is 2.67 bits per heavy atom. The van der Waals surface area contributed by atoms with Crippen molar-refractivity contribution in [2.75, 3.05) is 13.7 Å². The van der Waals surface area contributed by atoms with E-state index in [2.05, 4.69) is 10.5 Å². The van der Waals surface area contributed by atoms with Gasteiger partial charge in [0.05, 0.1) is 19.9 Å². The van der Waals surface area contributed by atoms with Gasteiger partial charge in [0.2, 0.25) is 0 Å². The van der Waals surface area contributed by atoms with Gasteiger partial charge in [0, 0.05) is 0 Å². The minimum Gasteiger partial charge on any atom is -0.493 e. The number of aliphatic hydroxyl groups excluding tert-OH is 1. The summed E-state index contributed by atoms with van der Waals surface area (Å²) >= 11 is 0. The van der Waals surface area contributed by atoms with Crippen LogP contribution in [0.2, 0.25) is 0 Å². The van der Waals surface area contributed by atoms with Crippen LogP contribution in [-0.2, 0) is 4.79 Å². The number of benzene rings is 2. The van der Waals surface area contributed by atoms with Crippen molar-refractivity contribution in [1.82, 2.24) is 5.43 Å². The summed E-state index contributed by atoms with van der Waals surface area (Å²) in [7, 11) is 1.55. The van der Waals surface area contributed by atoms with Crippen LogP contribution in [0, 0.1) is 0 Å². The maximum atomic E-state index is 11.9. The first-order valence-electron chi connectivity index (χ1n) is 7.52. The van der Waals surface area contributed by atoms with Crippen molar-refractivity contribution in [3.63, 3.8) is 0 Å². The Bertz CT molecular complexity index is 701. The van der Waals surface area contributed by atoms with Gasteiger partial charge in [0.15, 0.2) is 17.6 Å². The SMILES string of the molecule is CCOc1ccc(C=NNC(=O)C(O)c2ccccc2)cc1OC. The average Bonchev–Trinajstić information content (AvgIpc) is 2.63. The largest absolute Gasteiger partial charge is 0.493 e. The Morgan fingerprint density at radius 2 is 2.00 bits per heavy atom. The molecule has 0 saturated carbocycles. The molecule has 0 radical (unpaired) electrons. The molecule has 6 nitrogen and oxygen atoms in total. The van der Waals surface area contributed by atoms with Crippen molar-refractivity contribution < 1.29 is 19.4 Å². The molecule has 0 fully saturated rings. The lowest BCUT2D eigenvalue weighted by atomic mass is 10.1. The number of aliphatic hydroxyl groups is 1. The summed E-state index contributed by atoms with van der Waals surface area (Å²) in [5.41, 5.74) is 3.55. The molecule has 2 rings (SSSR count). The molecule has 0 bridgehead atoms. The van der Waals surface area contributed by atoms with Crippen molar-refractivity contribution in [1.29, 1.82) is 0 Å². The highest BCUT2D eigenvalue weighted by Gasteiger charge is 2.15. The highest BCUT2D eigenvalue weighted by molar-refractivity contribution is 5.85. The van der Waals surface area contributed by atoms with Crippen LogP contribution < -0.4 is 14.9 Å². The Morgan fingerprint density at radius 1 is 1.25 bits per heavy atom. The number of nitrogens with zero attached hydrogens (tertiary/aromatic N) is 1. The van der Waals surface area contributed by atoms with Crippen molar-refractivity contribution in [2.24, 2.45) is 5.10 Å². The van der Waals surface area contributed by atoms with Crippen molar-refractivity contribution in [3.05, 3.63) is 59.7 Å². The first-order chi connectivity index (χ1) is 11.7. The van der Waals surface area contributed by atoms with E-state index in [9.17, 15) is 9.90 Å². The first kappa shape index (κ1) is 17.5. The van der Waals surface area contributed by atoms with E-state index in [4.69, 9.17) is 9.47 Å². The van der Waals surface area contributed by atoms with Gasteiger partial charge in [0.25, 0.3) is 5.91 Å². The number of methoxy groups -OCH3 is 1. The van der Waals surface area contributed by atoms with Crippen LogP contribution in [0.3, 0.4) is 0 Å². The van der Waals surface area contributed by atoms with Crippen LogP contribution in [0.25, 0.3) is 0 Å². The standard InChI is InChI=1S/C18H20N2O4/c1-3-24-15-10-9-13(11-16(15)23-2)12-19-20-18(22)17(21)14-7-5-4-6-8-14/h4-12,17,21H,3H2,1-2H3,(H,20,22). The molecule has 2 aromatic rings. The van der Waals surface area contributed by atoms with Gasteiger partial charge in [-0.05, 0) is 36.2 Å². The van der Waals surface area contributed by atoms with E-state index in [-0.39, 0.29) is 0 Å². The van der Waals surface area contributed by atoms with E-state index in [1.165, 1.54) is 6.21 Å². The predicted molar refractivity (Wildman–Crippen MR) is 91.3 cm³/mol. The van der Waals surface area contributed by atoms with Crippen LogP contribution in [0.15, 0.2) is 53.6 Å². The normalized spacial score (nSPS) is 12.0. The van der Waals surface area contributed by atoms with Gasteiger partial charge in [-0.2, -0.15) is 5.10 Å². The molecule has 1 unspecified atom stereocenters. The number of rotatable bonds is 7. The zero-order valence-corrected chi connectivity index (χ0v) is 13.6. The second-order valence-electron chi connectivity index (χ2n) is 4.89. The predicted octanol–water partition coefficient (Wildman–Crippen LogP) is 2.28. The zero-order chi connectivity index (χ0) is 17.4. The fourth-order valence-corrected chi connectivity index (χ4v) is 2.06. The fourth-order valence-electron chi connectivity index (χ4n) is 2.06. The second kappa shape index (κ2) is 8.69. The third-order valence-electron chi connectivity index (χ3n) is 3.24. The molecule has 126 valence electrons. The van der Waals surface area contributed by atoms with Gasteiger partial charge in [-0.25, -0.2) is 5.43 Å². The Hall–Kier alpha value is -2.86. The number of hydrazone groups is 1. The highest BCUT2D eigenvalue weighted by Crippen LogP contribution is 2.27. The van der Waals surface area contributed by atoms with Gasteiger partial charge < -0.3 is 14.6 Å². The van der Waals surface area contributed by atoms with Gasteiger partial charge in [-0.1, -0.05) is 30.3 Å². The molecule has 0 aliphatic rings. The minimum absolute atomic E-state index is 0.507. The number of hydrogen-bond acceptors (Lipinski definition) is 5. The maximum Gasteiger partial charge on any atom is 0.273 e. The van der Waals surface area contributed by atoms with Crippen molar-refractivity contribution in [3.8, 4) is 11.5 Å². The Labute approximate surface area is 140 Å². The highest BCUT2D eigenvalue weighted by atomic mass is 16.5. The Balaban J connectivity index is 1.99. The molecule has 1 amide bonds. The number of carbonyl (C=O) groups is 1. The number of nitrogens with one attached hydrogen (secondary N) is 1. The number of amides is 1. The molecular formula is C18H20N2O4. The molecule has 0 heterocycles. The molecule has 0 aromatic heterocycles. The first-order valence-corrected chi connectivity index (χ1v) is 7.52.